The van der Waals surface area contributed by atoms with Gasteiger partial charge < -0.3 is 9.47 Å². The zero-order valence-corrected chi connectivity index (χ0v) is 24.4. The minimum atomic E-state index is -0.0924. The van der Waals surface area contributed by atoms with Gasteiger partial charge in [-0.3, -0.25) is 4.57 Å². The summed E-state index contributed by atoms with van der Waals surface area (Å²) in [6, 6.07) is 37.9. The van der Waals surface area contributed by atoms with E-state index in [1.165, 1.54) is 22.3 Å². The van der Waals surface area contributed by atoms with Crippen molar-refractivity contribution in [2.24, 2.45) is 0 Å². The monoisotopic (exact) mass is 558 g/mol. The Morgan fingerprint density at radius 1 is 0.651 bits per heavy atom. The number of fused-ring (bicyclic) bond motifs is 5. The van der Waals surface area contributed by atoms with Gasteiger partial charge >= 0.3 is 0 Å². The van der Waals surface area contributed by atoms with Crippen molar-refractivity contribution in [1.29, 1.82) is 0 Å². The van der Waals surface area contributed by atoms with Crippen molar-refractivity contribution >= 4 is 6.08 Å². The summed E-state index contributed by atoms with van der Waals surface area (Å²) in [7, 11) is 0. The van der Waals surface area contributed by atoms with Crippen LogP contribution in [0.3, 0.4) is 0 Å². The maximum atomic E-state index is 6.49. The van der Waals surface area contributed by atoms with Gasteiger partial charge in [0.25, 0.3) is 0 Å². The summed E-state index contributed by atoms with van der Waals surface area (Å²) in [6.45, 7) is 10.6. The van der Waals surface area contributed by atoms with Gasteiger partial charge in [0.05, 0.1) is 5.69 Å². The zero-order valence-electron chi connectivity index (χ0n) is 24.4. The molecule has 0 unspecified atom stereocenters. The molecule has 0 amide bonds. The first-order chi connectivity index (χ1) is 20.9. The average molecular weight is 559 g/mol. The normalized spacial score (nSPS) is 13.7. The van der Waals surface area contributed by atoms with Crippen LogP contribution in [0.2, 0.25) is 0 Å². The van der Waals surface area contributed by atoms with Gasteiger partial charge in [-0.25, -0.2) is 4.98 Å². The second-order valence-corrected chi connectivity index (χ2v) is 11.7. The lowest BCUT2D eigenvalue weighted by Gasteiger charge is -2.25. The molecule has 5 aromatic carbocycles. The molecule has 0 atom stereocenters. The molecule has 1 aliphatic heterocycles. The van der Waals surface area contributed by atoms with Gasteiger partial charge in [-0.2, -0.15) is 0 Å². The third kappa shape index (κ3) is 3.87. The van der Waals surface area contributed by atoms with Crippen LogP contribution < -0.4 is 9.47 Å². The van der Waals surface area contributed by atoms with Crippen LogP contribution in [0.25, 0.3) is 45.4 Å². The molecule has 0 saturated carbocycles. The van der Waals surface area contributed by atoms with Gasteiger partial charge in [-0.05, 0) is 82.8 Å². The number of para-hydroxylation sites is 1. The number of aromatic nitrogens is 2. The minimum Gasteiger partial charge on any atom is -0.450 e. The van der Waals surface area contributed by atoms with Crippen LogP contribution in [0.4, 0.5) is 0 Å². The van der Waals surface area contributed by atoms with Crippen LogP contribution in [0.1, 0.15) is 36.4 Å². The van der Waals surface area contributed by atoms with Gasteiger partial charge in [0.1, 0.15) is 5.82 Å². The highest BCUT2D eigenvalue weighted by Gasteiger charge is 2.37. The first-order valence-electron chi connectivity index (χ1n) is 14.6. The van der Waals surface area contributed by atoms with E-state index < -0.39 is 0 Å². The molecule has 2 heterocycles. The fraction of sp³-hybridized carbons (Fsp3) is 0.103. The molecule has 4 nitrogen and oxygen atoms in total. The van der Waals surface area contributed by atoms with Crippen LogP contribution in [-0.4, -0.2) is 9.55 Å². The van der Waals surface area contributed by atoms with Crippen molar-refractivity contribution in [2.45, 2.75) is 26.2 Å². The Morgan fingerprint density at radius 3 is 2.09 bits per heavy atom. The Bertz CT molecular complexity index is 2070. The Morgan fingerprint density at radius 2 is 1.30 bits per heavy atom. The smallest absolute Gasteiger partial charge is 0.170 e. The van der Waals surface area contributed by atoms with Crippen molar-refractivity contribution in [3.8, 4) is 62.3 Å². The molecule has 6 aromatic rings. The summed E-state index contributed by atoms with van der Waals surface area (Å²) in [4.78, 5) is 4.91. The predicted molar refractivity (Wildman–Crippen MR) is 173 cm³/mol. The third-order valence-electron chi connectivity index (χ3n) is 8.86. The van der Waals surface area contributed by atoms with Crippen molar-refractivity contribution in [1.82, 2.24) is 9.55 Å². The molecule has 2 aliphatic rings. The topological polar surface area (TPSA) is 36.3 Å². The molecule has 0 saturated heterocycles. The van der Waals surface area contributed by atoms with Gasteiger partial charge in [0, 0.05) is 22.4 Å². The summed E-state index contributed by atoms with van der Waals surface area (Å²) in [6.07, 6.45) is 1.81. The maximum absolute atomic E-state index is 6.49. The molecule has 0 fully saturated rings. The lowest BCUT2D eigenvalue weighted by Crippen LogP contribution is -2.15. The van der Waals surface area contributed by atoms with Crippen molar-refractivity contribution in [2.75, 3.05) is 0 Å². The third-order valence-corrected chi connectivity index (χ3v) is 8.86. The number of hydrogen-bond donors (Lipinski definition) is 0. The van der Waals surface area contributed by atoms with Gasteiger partial charge in [0.2, 0.25) is 0 Å². The number of benzene rings is 5. The molecule has 8 rings (SSSR count). The molecule has 0 spiro atoms. The molecule has 0 radical (unpaired) electrons. The molecule has 4 heteroatoms. The maximum Gasteiger partial charge on any atom is 0.170 e. The molecule has 1 aromatic heterocycles. The van der Waals surface area contributed by atoms with E-state index in [-0.39, 0.29) is 5.41 Å². The number of hydrogen-bond acceptors (Lipinski definition) is 3. The molecular weight excluding hydrogens is 528 g/mol. The summed E-state index contributed by atoms with van der Waals surface area (Å²) < 4.78 is 15.1. The Kier molecular flexibility index (Phi) is 5.51. The molecule has 0 N–H and O–H groups in total. The molecular formula is C39H30N2O2. The van der Waals surface area contributed by atoms with E-state index in [1.807, 2.05) is 30.3 Å². The van der Waals surface area contributed by atoms with Crippen molar-refractivity contribution < 1.29 is 9.47 Å². The fourth-order valence-corrected chi connectivity index (χ4v) is 6.57. The number of ether oxygens (including phenoxy) is 2. The van der Waals surface area contributed by atoms with E-state index in [9.17, 15) is 0 Å². The second kappa shape index (κ2) is 9.33. The van der Waals surface area contributed by atoms with E-state index >= 15 is 0 Å². The summed E-state index contributed by atoms with van der Waals surface area (Å²) in [5, 5.41) is 0. The van der Waals surface area contributed by atoms with Crippen molar-refractivity contribution in [3.63, 3.8) is 0 Å². The molecule has 43 heavy (non-hydrogen) atoms. The van der Waals surface area contributed by atoms with Crippen molar-refractivity contribution in [3.05, 3.63) is 138 Å². The Hall–Kier alpha value is -5.35. The average Bonchev–Trinajstić information content (AvgIpc) is 3.49. The van der Waals surface area contributed by atoms with Crippen LogP contribution in [0.15, 0.2) is 116 Å². The predicted octanol–water partition coefficient (Wildman–Crippen LogP) is 10.4. The van der Waals surface area contributed by atoms with Gasteiger partial charge in [0.15, 0.2) is 23.0 Å². The van der Waals surface area contributed by atoms with Crippen LogP contribution >= 0.6 is 0 Å². The zero-order chi connectivity index (χ0) is 29.3. The SMILES string of the molecule is C=Cc1nc(-c2ccc(-c3ccc4c(c3)Oc3cc5c(cc3O4)C(C)(C)c3ccccc3-5)cc2)n(-c2ccccc2)c1C. The number of nitrogens with zero attached hydrogens (tertiary/aromatic N) is 2. The number of imidazole rings is 1. The van der Waals surface area contributed by atoms with E-state index in [0.717, 1.165) is 56.8 Å². The first kappa shape index (κ1) is 25.4. The lowest BCUT2D eigenvalue weighted by atomic mass is 9.82. The van der Waals surface area contributed by atoms with E-state index in [0.29, 0.717) is 5.75 Å². The van der Waals surface area contributed by atoms with Gasteiger partial charge in [-0.1, -0.05) is 93.2 Å². The molecule has 208 valence electrons. The second-order valence-electron chi connectivity index (χ2n) is 11.7. The first-order valence-corrected chi connectivity index (χ1v) is 14.6. The minimum absolute atomic E-state index is 0.0924. The fourth-order valence-electron chi connectivity index (χ4n) is 6.57. The van der Waals surface area contributed by atoms with Crippen LogP contribution in [0, 0.1) is 6.92 Å². The number of rotatable bonds is 4. The summed E-state index contributed by atoms with van der Waals surface area (Å²) in [5.41, 5.74) is 11.2. The van der Waals surface area contributed by atoms with E-state index in [1.54, 1.807) is 0 Å². The highest BCUT2D eigenvalue weighted by Crippen LogP contribution is 2.55. The van der Waals surface area contributed by atoms with Crippen LogP contribution in [-0.2, 0) is 5.41 Å². The van der Waals surface area contributed by atoms with Crippen LogP contribution in [0.5, 0.6) is 23.0 Å². The Labute approximate surface area is 251 Å². The van der Waals surface area contributed by atoms with E-state index in [2.05, 4.69) is 117 Å². The molecule has 1 aliphatic carbocycles. The highest BCUT2D eigenvalue weighted by molar-refractivity contribution is 5.83. The van der Waals surface area contributed by atoms with Gasteiger partial charge in [-0.15, -0.1) is 0 Å². The quantitative estimate of drug-likeness (QED) is 0.216. The molecule has 0 bridgehead atoms. The van der Waals surface area contributed by atoms with E-state index in [4.69, 9.17) is 14.5 Å². The standard InChI is InChI=1S/C39H30N2O2/c1-5-33-24(2)41(28-11-7-6-8-12-28)38(40-33)26-17-15-25(16-18-26)27-19-20-34-35(21-27)43-36-22-30-29-13-9-10-14-31(29)39(3,4)32(30)23-37(36)42-34/h5-23H,1H2,2-4H3. The highest BCUT2D eigenvalue weighted by atomic mass is 16.6. The Balaban J connectivity index is 1.12. The summed E-state index contributed by atoms with van der Waals surface area (Å²) in [5.74, 6) is 3.82. The largest absolute Gasteiger partial charge is 0.450 e. The lowest BCUT2D eigenvalue weighted by molar-refractivity contribution is 0.359. The summed E-state index contributed by atoms with van der Waals surface area (Å²) >= 11 is 0.